The van der Waals surface area contributed by atoms with Crippen molar-refractivity contribution < 1.29 is 14.5 Å². The van der Waals surface area contributed by atoms with E-state index in [9.17, 15) is 14.9 Å². The first-order valence-electron chi connectivity index (χ1n) is 8.16. The Hall–Kier alpha value is -1.95. The number of nitro groups is 1. The van der Waals surface area contributed by atoms with E-state index in [-0.39, 0.29) is 28.6 Å². The monoisotopic (exact) mass is 318 g/mol. The van der Waals surface area contributed by atoms with Gasteiger partial charge in [-0.05, 0) is 24.8 Å². The van der Waals surface area contributed by atoms with Crippen molar-refractivity contribution >= 4 is 5.97 Å². The van der Waals surface area contributed by atoms with Crippen LogP contribution < -0.4 is 0 Å². The van der Waals surface area contributed by atoms with Gasteiger partial charge in [-0.3, -0.25) is 19.8 Å². The van der Waals surface area contributed by atoms with Crippen molar-refractivity contribution in [1.29, 1.82) is 0 Å². The molecule has 23 heavy (non-hydrogen) atoms. The Morgan fingerprint density at radius 3 is 2.70 bits per heavy atom. The summed E-state index contributed by atoms with van der Waals surface area (Å²) in [7, 11) is 0. The summed E-state index contributed by atoms with van der Waals surface area (Å²) in [6.45, 7) is 4.01. The van der Waals surface area contributed by atoms with E-state index in [1.807, 2.05) is 30.3 Å². The molecule has 1 aliphatic carbocycles. The molecule has 1 saturated carbocycles. The van der Waals surface area contributed by atoms with E-state index in [2.05, 4.69) is 4.90 Å². The second kappa shape index (κ2) is 6.66. The zero-order valence-corrected chi connectivity index (χ0v) is 13.3. The Morgan fingerprint density at radius 2 is 2.04 bits per heavy atom. The average molecular weight is 318 g/mol. The summed E-state index contributed by atoms with van der Waals surface area (Å²) in [6, 6.07) is 9.41. The molecule has 0 aromatic heterocycles. The van der Waals surface area contributed by atoms with Gasteiger partial charge < -0.3 is 4.74 Å². The molecule has 1 aliphatic heterocycles. The van der Waals surface area contributed by atoms with Crippen molar-refractivity contribution in [2.75, 3.05) is 19.7 Å². The number of benzene rings is 1. The molecule has 1 saturated heterocycles. The third-order valence-corrected chi connectivity index (χ3v) is 4.91. The number of hydrogen-bond donors (Lipinski definition) is 0. The molecule has 0 bridgehead atoms. The van der Waals surface area contributed by atoms with E-state index >= 15 is 0 Å². The maximum Gasteiger partial charge on any atom is 0.309 e. The van der Waals surface area contributed by atoms with E-state index in [4.69, 9.17) is 4.74 Å². The third kappa shape index (κ3) is 3.52. The summed E-state index contributed by atoms with van der Waals surface area (Å²) in [6.07, 6.45) is 0.729. The number of hydrogen-bond acceptors (Lipinski definition) is 5. The zero-order valence-electron chi connectivity index (χ0n) is 13.3. The average Bonchev–Trinajstić information content (AvgIpc) is 3.22. The number of rotatable bonds is 6. The van der Waals surface area contributed by atoms with Crippen LogP contribution in [0.25, 0.3) is 0 Å². The minimum absolute atomic E-state index is 0.0527. The molecule has 6 nitrogen and oxygen atoms in total. The van der Waals surface area contributed by atoms with Crippen molar-refractivity contribution in [2.45, 2.75) is 25.9 Å². The Labute approximate surface area is 135 Å². The van der Waals surface area contributed by atoms with Crippen molar-refractivity contribution in [3.8, 4) is 0 Å². The Bertz CT molecular complexity index is 577. The summed E-state index contributed by atoms with van der Waals surface area (Å²) < 4.78 is 5.05. The molecule has 1 heterocycles. The lowest BCUT2D eigenvalue weighted by atomic mass is 9.97. The predicted octanol–water partition coefficient (Wildman–Crippen LogP) is 1.96. The fourth-order valence-electron chi connectivity index (χ4n) is 3.72. The third-order valence-electron chi connectivity index (χ3n) is 4.91. The van der Waals surface area contributed by atoms with Gasteiger partial charge in [-0.1, -0.05) is 30.3 Å². The van der Waals surface area contributed by atoms with Crippen LogP contribution in [0.4, 0.5) is 0 Å². The Morgan fingerprint density at radius 1 is 1.30 bits per heavy atom. The maximum absolute atomic E-state index is 11.8. The van der Waals surface area contributed by atoms with Gasteiger partial charge in [0.25, 0.3) is 0 Å². The minimum Gasteiger partial charge on any atom is -0.466 e. The molecule has 4 atom stereocenters. The molecule has 6 heteroatoms. The number of esters is 1. The predicted molar refractivity (Wildman–Crippen MR) is 84.2 cm³/mol. The number of carbonyl (C=O) groups is 1. The molecule has 1 aromatic rings. The molecule has 1 aromatic carbocycles. The van der Waals surface area contributed by atoms with Gasteiger partial charge in [0.2, 0.25) is 6.04 Å². The molecule has 2 unspecified atom stereocenters. The molecule has 0 N–H and O–H groups in total. The summed E-state index contributed by atoms with van der Waals surface area (Å²) >= 11 is 0. The standard InChI is InChI=1S/C17H22N2O4/c1-2-23-17(20)14-8-13(14)15-10-18(11-16(15)19(21)22)9-12-6-4-3-5-7-12/h3-7,13-16H,2,8-11H2,1H3/t13?,14?,15-,16+/m1/s1. The van der Waals surface area contributed by atoms with E-state index in [1.165, 1.54) is 0 Å². The van der Waals surface area contributed by atoms with E-state index in [0.29, 0.717) is 19.7 Å². The molecule has 0 spiro atoms. The summed E-state index contributed by atoms with van der Waals surface area (Å²) in [4.78, 5) is 25.2. The van der Waals surface area contributed by atoms with Gasteiger partial charge >= 0.3 is 5.97 Å². The molecule has 3 rings (SSSR count). The second-order valence-corrected chi connectivity index (χ2v) is 6.45. The lowest BCUT2D eigenvalue weighted by molar-refractivity contribution is -0.526. The highest BCUT2D eigenvalue weighted by molar-refractivity contribution is 5.75. The van der Waals surface area contributed by atoms with Crippen molar-refractivity contribution in [2.24, 2.45) is 17.8 Å². The highest BCUT2D eigenvalue weighted by atomic mass is 16.6. The minimum atomic E-state index is -0.580. The van der Waals surface area contributed by atoms with Gasteiger partial charge in [0.15, 0.2) is 0 Å². The molecular weight excluding hydrogens is 296 g/mol. The quantitative estimate of drug-likeness (QED) is 0.455. The highest BCUT2D eigenvalue weighted by Crippen LogP contribution is 2.48. The van der Waals surface area contributed by atoms with Crippen molar-refractivity contribution in [3.63, 3.8) is 0 Å². The first-order valence-corrected chi connectivity index (χ1v) is 8.16. The molecule has 2 aliphatic rings. The van der Waals surface area contributed by atoms with E-state index in [1.54, 1.807) is 6.92 Å². The molecular formula is C17H22N2O4. The largest absolute Gasteiger partial charge is 0.466 e. The van der Waals surface area contributed by atoms with Crippen LogP contribution in [0.3, 0.4) is 0 Å². The zero-order chi connectivity index (χ0) is 16.4. The first kappa shape index (κ1) is 15.9. The van der Waals surface area contributed by atoms with Crippen molar-refractivity contribution in [1.82, 2.24) is 4.90 Å². The Balaban J connectivity index is 1.63. The van der Waals surface area contributed by atoms with Crippen LogP contribution in [0.2, 0.25) is 0 Å². The summed E-state index contributed by atoms with van der Waals surface area (Å²) in [5, 5.41) is 11.4. The van der Waals surface area contributed by atoms with Gasteiger partial charge in [-0.15, -0.1) is 0 Å². The van der Waals surface area contributed by atoms with Crippen LogP contribution in [-0.4, -0.2) is 41.5 Å². The van der Waals surface area contributed by atoms with E-state index < -0.39 is 6.04 Å². The lowest BCUT2D eigenvalue weighted by Gasteiger charge is -2.14. The fourth-order valence-corrected chi connectivity index (χ4v) is 3.72. The number of nitrogens with zero attached hydrogens (tertiary/aromatic N) is 2. The van der Waals surface area contributed by atoms with Crippen LogP contribution in [0.1, 0.15) is 18.9 Å². The summed E-state index contributed by atoms with van der Waals surface area (Å²) in [5.41, 5.74) is 1.16. The van der Waals surface area contributed by atoms with Crippen LogP contribution >= 0.6 is 0 Å². The van der Waals surface area contributed by atoms with Crippen LogP contribution in [0, 0.1) is 27.9 Å². The fraction of sp³-hybridized carbons (Fsp3) is 0.588. The van der Waals surface area contributed by atoms with Crippen molar-refractivity contribution in [3.05, 3.63) is 46.0 Å². The molecule has 124 valence electrons. The van der Waals surface area contributed by atoms with Crippen LogP contribution in [0.5, 0.6) is 0 Å². The highest BCUT2D eigenvalue weighted by Gasteiger charge is 2.56. The lowest BCUT2D eigenvalue weighted by Crippen LogP contribution is -2.30. The molecule has 2 fully saturated rings. The van der Waals surface area contributed by atoms with Gasteiger partial charge in [0, 0.05) is 23.9 Å². The number of likely N-dealkylation sites (tertiary alicyclic amines) is 1. The Kier molecular flexibility index (Phi) is 4.61. The van der Waals surface area contributed by atoms with Crippen LogP contribution in [-0.2, 0) is 16.1 Å². The smallest absolute Gasteiger partial charge is 0.309 e. The second-order valence-electron chi connectivity index (χ2n) is 6.45. The number of carbonyl (C=O) groups excluding carboxylic acids is 1. The van der Waals surface area contributed by atoms with E-state index in [0.717, 1.165) is 18.5 Å². The van der Waals surface area contributed by atoms with Crippen LogP contribution in [0.15, 0.2) is 30.3 Å². The normalized spacial score (nSPS) is 30.1. The van der Waals surface area contributed by atoms with Gasteiger partial charge in [0.1, 0.15) is 0 Å². The van der Waals surface area contributed by atoms with Gasteiger partial charge in [-0.25, -0.2) is 0 Å². The first-order chi connectivity index (χ1) is 11.1. The summed E-state index contributed by atoms with van der Waals surface area (Å²) in [5.74, 6) is -0.284. The molecule has 0 amide bonds. The SMILES string of the molecule is CCOC(=O)C1CC1[C@H]1CN(Cc2ccccc2)C[C@@H]1[N+](=O)[O-]. The van der Waals surface area contributed by atoms with Gasteiger partial charge in [-0.2, -0.15) is 0 Å². The maximum atomic E-state index is 11.8. The topological polar surface area (TPSA) is 72.7 Å². The number of ether oxygens (including phenoxy) is 1. The van der Waals surface area contributed by atoms with Gasteiger partial charge in [0.05, 0.1) is 19.1 Å². The molecule has 0 radical (unpaired) electrons.